The van der Waals surface area contributed by atoms with Gasteiger partial charge in [0, 0.05) is 6.54 Å². The van der Waals surface area contributed by atoms with E-state index in [1.165, 1.54) is 6.92 Å². The number of hydrogen-bond donors (Lipinski definition) is 1. The Hall–Kier alpha value is -0.110. The van der Waals surface area contributed by atoms with Gasteiger partial charge in [-0.3, -0.25) is 0 Å². The second-order valence-corrected chi connectivity index (χ2v) is 1.02. The van der Waals surface area contributed by atoms with Crippen LogP contribution in [0.5, 0.6) is 0 Å². The quantitative estimate of drug-likeness (QED) is 0.478. The van der Waals surface area contributed by atoms with Gasteiger partial charge >= 0.3 is 0 Å². The zero-order chi connectivity index (χ0) is 4.28. The van der Waals surface area contributed by atoms with E-state index < -0.39 is 6.17 Å². The van der Waals surface area contributed by atoms with Gasteiger partial charge in [-0.25, -0.2) is 4.39 Å². The number of nitrogens with two attached hydrogens (primary N) is 1. The van der Waals surface area contributed by atoms with Gasteiger partial charge in [0.1, 0.15) is 6.17 Å². The molecule has 0 aromatic heterocycles. The van der Waals surface area contributed by atoms with Crippen molar-refractivity contribution < 1.29 is 4.39 Å². The Balaban J connectivity index is 2.54. The van der Waals surface area contributed by atoms with Crippen LogP contribution in [-0.4, -0.2) is 12.7 Å². The fraction of sp³-hybridized carbons (Fsp3) is 1.00. The van der Waals surface area contributed by atoms with Crippen LogP contribution in [0.1, 0.15) is 6.92 Å². The zero-order valence-corrected chi connectivity index (χ0v) is 3.24. The number of rotatable bonds is 1. The summed E-state index contributed by atoms with van der Waals surface area (Å²) in [5.74, 6) is 0. The van der Waals surface area contributed by atoms with E-state index in [1.54, 1.807) is 0 Å². The molecule has 0 heterocycles. The minimum atomic E-state index is -0.838. The van der Waals surface area contributed by atoms with Crippen molar-refractivity contribution >= 4 is 0 Å². The van der Waals surface area contributed by atoms with Crippen molar-refractivity contribution in [2.45, 2.75) is 13.1 Å². The lowest BCUT2D eigenvalue weighted by Crippen LogP contribution is -2.09. The molecule has 0 bridgehead atoms. The summed E-state index contributed by atoms with van der Waals surface area (Å²) < 4.78 is 11.3. The largest absolute Gasteiger partial charge is 0.328 e. The molecule has 0 aromatic rings. The van der Waals surface area contributed by atoms with Crippen molar-refractivity contribution in [3.05, 3.63) is 0 Å². The Labute approximate surface area is 31.0 Å². The normalized spacial score (nSPS) is 15.0. The van der Waals surface area contributed by atoms with E-state index >= 15 is 0 Å². The maximum absolute atomic E-state index is 11.3. The molecule has 2 heteroatoms. The van der Waals surface area contributed by atoms with Gasteiger partial charge in [-0.1, -0.05) is 0 Å². The van der Waals surface area contributed by atoms with Crippen molar-refractivity contribution in [3.63, 3.8) is 0 Å². The van der Waals surface area contributed by atoms with Crippen LogP contribution in [0.25, 0.3) is 0 Å². The summed E-state index contributed by atoms with van der Waals surface area (Å²) in [5, 5.41) is 0. The molecule has 0 aliphatic rings. The Bertz CT molecular complexity index is 20.9. The van der Waals surface area contributed by atoms with Crippen LogP contribution in [0.3, 0.4) is 0 Å². The highest BCUT2D eigenvalue weighted by atomic mass is 19.1. The molecule has 0 amide bonds. The molecule has 2 N–H and O–H groups in total. The Morgan fingerprint density at radius 3 is 2.20 bits per heavy atom. The van der Waals surface area contributed by atoms with Crippen LogP contribution in [0.4, 0.5) is 4.39 Å². The monoisotopic (exact) mass is 77.1 g/mol. The van der Waals surface area contributed by atoms with E-state index in [2.05, 4.69) is 0 Å². The molecule has 0 saturated carbocycles. The fourth-order valence-electron chi connectivity index (χ4n) is 0. The van der Waals surface area contributed by atoms with Crippen LogP contribution < -0.4 is 5.73 Å². The van der Waals surface area contributed by atoms with Crippen molar-refractivity contribution in [2.75, 3.05) is 6.54 Å². The van der Waals surface area contributed by atoms with Gasteiger partial charge in [0.15, 0.2) is 0 Å². The van der Waals surface area contributed by atoms with Crippen LogP contribution in [0, 0.1) is 0 Å². The molecular formula is C3H8FN. The number of alkyl halides is 1. The smallest absolute Gasteiger partial charge is 0.109 e. The predicted octanol–water partition coefficient (Wildman–Crippen LogP) is 0.303. The van der Waals surface area contributed by atoms with Gasteiger partial charge in [0.05, 0.1) is 0 Å². The SMILES string of the molecule is CC(F)CN. The maximum Gasteiger partial charge on any atom is 0.109 e. The Kier molecular flexibility index (Phi) is 2.10. The summed E-state index contributed by atoms with van der Waals surface area (Å²) in [6.07, 6.45) is -0.838. The molecule has 5 heavy (non-hydrogen) atoms. The van der Waals surface area contributed by atoms with Gasteiger partial charge in [-0.2, -0.15) is 0 Å². The van der Waals surface area contributed by atoms with Crippen molar-refractivity contribution in [1.82, 2.24) is 0 Å². The topological polar surface area (TPSA) is 26.0 Å². The first kappa shape index (κ1) is 4.89. The molecule has 0 radical (unpaired) electrons. The summed E-state index contributed by atoms with van der Waals surface area (Å²) in [6.45, 7) is 1.57. The van der Waals surface area contributed by atoms with E-state index in [0.717, 1.165) is 0 Å². The van der Waals surface area contributed by atoms with E-state index in [-0.39, 0.29) is 6.54 Å². The lowest BCUT2D eigenvalue weighted by Gasteiger charge is -1.86. The zero-order valence-electron chi connectivity index (χ0n) is 3.24. The van der Waals surface area contributed by atoms with E-state index in [9.17, 15) is 4.39 Å². The molecule has 1 atom stereocenters. The molecule has 0 aliphatic heterocycles. The standard InChI is InChI=1S/C3H8FN/c1-3(4)2-5/h3H,2,5H2,1H3. The number of halogens is 1. The second-order valence-electron chi connectivity index (χ2n) is 1.02. The van der Waals surface area contributed by atoms with Gasteiger partial charge in [-0.05, 0) is 6.92 Å². The third-order valence-electron chi connectivity index (χ3n) is 0.325. The average Bonchev–Trinajstić information content (AvgIpc) is 1.38. The second kappa shape index (κ2) is 2.15. The summed E-state index contributed by atoms with van der Waals surface area (Å²) in [5.41, 5.74) is 4.80. The summed E-state index contributed by atoms with van der Waals surface area (Å²) in [4.78, 5) is 0. The van der Waals surface area contributed by atoms with Crippen LogP contribution in [0.2, 0.25) is 0 Å². The lowest BCUT2D eigenvalue weighted by molar-refractivity contribution is 0.370. The van der Waals surface area contributed by atoms with E-state index in [0.29, 0.717) is 0 Å². The van der Waals surface area contributed by atoms with Gasteiger partial charge < -0.3 is 5.73 Å². The van der Waals surface area contributed by atoms with Crippen molar-refractivity contribution in [3.8, 4) is 0 Å². The molecule has 1 nitrogen and oxygen atoms in total. The molecule has 1 unspecified atom stereocenters. The first-order valence-electron chi connectivity index (χ1n) is 1.61. The summed E-state index contributed by atoms with van der Waals surface area (Å²) >= 11 is 0. The van der Waals surface area contributed by atoms with Crippen molar-refractivity contribution in [1.29, 1.82) is 0 Å². The molecule has 0 rings (SSSR count). The van der Waals surface area contributed by atoms with Gasteiger partial charge in [0.25, 0.3) is 0 Å². The Morgan fingerprint density at radius 1 is 2.00 bits per heavy atom. The average molecular weight is 77.1 g/mol. The third-order valence-corrected chi connectivity index (χ3v) is 0.325. The van der Waals surface area contributed by atoms with Crippen molar-refractivity contribution in [2.24, 2.45) is 5.73 Å². The van der Waals surface area contributed by atoms with Crippen LogP contribution >= 0.6 is 0 Å². The first-order valence-corrected chi connectivity index (χ1v) is 1.61. The molecule has 0 aromatic carbocycles. The summed E-state index contributed by atoms with van der Waals surface area (Å²) in [7, 11) is 0. The highest BCUT2D eigenvalue weighted by molar-refractivity contribution is 4.41. The fourth-order valence-corrected chi connectivity index (χ4v) is 0. The molecule has 32 valence electrons. The maximum atomic E-state index is 11.3. The van der Waals surface area contributed by atoms with Crippen LogP contribution in [-0.2, 0) is 0 Å². The molecule has 0 fully saturated rings. The molecular weight excluding hydrogens is 69.0 g/mol. The van der Waals surface area contributed by atoms with E-state index in [1.807, 2.05) is 0 Å². The van der Waals surface area contributed by atoms with Gasteiger partial charge in [0.2, 0.25) is 0 Å². The Morgan fingerprint density at radius 2 is 2.20 bits per heavy atom. The predicted molar refractivity (Wildman–Crippen MR) is 19.6 cm³/mol. The summed E-state index contributed by atoms with van der Waals surface area (Å²) in [6, 6.07) is 0. The first-order chi connectivity index (χ1) is 2.27. The lowest BCUT2D eigenvalue weighted by atomic mass is 10.5. The van der Waals surface area contributed by atoms with Crippen LogP contribution in [0.15, 0.2) is 0 Å². The third kappa shape index (κ3) is 3.89. The van der Waals surface area contributed by atoms with Gasteiger partial charge in [-0.15, -0.1) is 0 Å². The molecule has 0 saturated heterocycles. The number of hydrogen-bond acceptors (Lipinski definition) is 1. The highest BCUT2D eigenvalue weighted by Gasteiger charge is 1.85. The van der Waals surface area contributed by atoms with E-state index in [4.69, 9.17) is 5.73 Å². The molecule has 0 aliphatic carbocycles. The minimum absolute atomic E-state index is 0.139. The molecule has 0 spiro atoms. The minimum Gasteiger partial charge on any atom is -0.328 e. The highest BCUT2D eigenvalue weighted by Crippen LogP contribution is 1.77.